The number of halogens is 2. The maximum absolute atomic E-state index is 12.4. The SMILES string of the molecule is N#Cc1ncc(C(F)F)c([N+](=O)[O-])c1C(=O)O. The summed E-state index contributed by atoms with van der Waals surface area (Å²) in [4.78, 5) is 23.2. The fourth-order valence-electron chi connectivity index (χ4n) is 1.16. The Kier molecular flexibility index (Phi) is 3.28. The topological polar surface area (TPSA) is 117 Å². The first-order valence-electron chi connectivity index (χ1n) is 3.99. The number of alkyl halides is 2. The van der Waals surface area contributed by atoms with Crippen molar-refractivity contribution in [2.45, 2.75) is 6.43 Å². The highest BCUT2D eigenvalue weighted by Crippen LogP contribution is 2.32. The summed E-state index contributed by atoms with van der Waals surface area (Å²) in [6.45, 7) is 0. The Balaban J connectivity index is 3.73. The van der Waals surface area contributed by atoms with Crippen LogP contribution in [0.3, 0.4) is 0 Å². The molecule has 0 aliphatic heterocycles. The summed E-state index contributed by atoms with van der Waals surface area (Å²) in [5.74, 6) is -1.86. The molecule has 0 radical (unpaired) electrons. The average molecular weight is 243 g/mol. The second-order valence-electron chi connectivity index (χ2n) is 2.76. The lowest BCUT2D eigenvalue weighted by molar-refractivity contribution is -0.386. The minimum atomic E-state index is -3.26. The standard InChI is InChI=1S/C8H3F2N3O4/c9-7(10)3-2-12-4(1-11)5(8(14)15)6(3)13(16)17/h2,7H,(H,14,15). The van der Waals surface area contributed by atoms with Crippen molar-refractivity contribution < 1.29 is 23.6 Å². The molecular weight excluding hydrogens is 240 g/mol. The third-order valence-electron chi connectivity index (χ3n) is 1.82. The second kappa shape index (κ2) is 4.48. The van der Waals surface area contributed by atoms with Crippen LogP contribution in [-0.4, -0.2) is 21.0 Å². The van der Waals surface area contributed by atoms with Crippen LogP contribution in [0.5, 0.6) is 0 Å². The van der Waals surface area contributed by atoms with Crippen molar-refractivity contribution in [3.05, 3.63) is 33.1 Å². The van der Waals surface area contributed by atoms with E-state index in [2.05, 4.69) is 4.98 Å². The molecular formula is C8H3F2N3O4. The fourth-order valence-corrected chi connectivity index (χ4v) is 1.16. The van der Waals surface area contributed by atoms with E-state index in [1.807, 2.05) is 0 Å². The predicted octanol–water partition coefficient (Wildman–Crippen LogP) is 1.50. The van der Waals surface area contributed by atoms with E-state index < -0.39 is 39.8 Å². The molecule has 0 atom stereocenters. The summed E-state index contributed by atoms with van der Waals surface area (Å²) in [7, 11) is 0. The van der Waals surface area contributed by atoms with Gasteiger partial charge in [0.2, 0.25) is 0 Å². The Labute approximate surface area is 92.1 Å². The van der Waals surface area contributed by atoms with Crippen LogP contribution in [0.15, 0.2) is 6.20 Å². The molecule has 0 aliphatic carbocycles. The predicted molar refractivity (Wildman–Crippen MR) is 47.5 cm³/mol. The number of hydrogen-bond donors (Lipinski definition) is 1. The molecule has 0 saturated carbocycles. The highest BCUT2D eigenvalue weighted by Gasteiger charge is 2.32. The minimum absolute atomic E-state index is 0.424. The first-order chi connectivity index (χ1) is 7.90. The smallest absolute Gasteiger partial charge is 0.345 e. The van der Waals surface area contributed by atoms with Gasteiger partial charge >= 0.3 is 5.97 Å². The van der Waals surface area contributed by atoms with Crippen LogP contribution >= 0.6 is 0 Å². The Hall–Kier alpha value is -2.63. The number of carboxylic acids is 1. The summed E-state index contributed by atoms with van der Waals surface area (Å²) in [6.07, 6.45) is -2.83. The zero-order valence-corrected chi connectivity index (χ0v) is 7.92. The van der Waals surface area contributed by atoms with E-state index in [-0.39, 0.29) is 0 Å². The van der Waals surface area contributed by atoms with Crippen LogP contribution in [0, 0.1) is 21.4 Å². The number of aromatic carboxylic acids is 1. The lowest BCUT2D eigenvalue weighted by atomic mass is 10.1. The van der Waals surface area contributed by atoms with E-state index in [0.29, 0.717) is 6.20 Å². The van der Waals surface area contributed by atoms with Gasteiger partial charge in [0.1, 0.15) is 11.6 Å². The lowest BCUT2D eigenvalue weighted by Crippen LogP contribution is -2.10. The van der Waals surface area contributed by atoms with Gasteiger partial charge in [-0.3, -0.25) is 10.1 Å². The van der Waals surface area contributed by atoms with E-state index in [1.54, 1.807) is 0 Å². The molecule has 0 unspecified atom stereocenters. The summed E-state index contributed by atoms with van der Waals surface area (Å²) in [5.41, 5.74) is -4.35. The van der Waals surface area contributed by atoms with Crippen LogP contribution < -0.4 is 0 Å². The minimum Gasteiger partial charge on any atom is -0.477 e. The number of pyridine rings is 1. The first-order valence-corrected chi connectivity index (χ1v) is 3.99. The molecule has 1 N–H and O–H groups in total. The molecule has 1 rings (SSSR count). The van der Waals surface area contributed by atoms with Crippen molar-refractivity contribution in [3.8, 4) is 6.07 Å². The molecule has 7 nitrogen and oxygen atoms in total. The van der Waals surface area contributed by atoms with Crippen LogP contribution in [0.4, 0.5) is 14.5 Å². The summed E-state index contributed by atoms with van der Waals surface area (Å²) in [6, 6.07) is 1.30. The first kappa shape index (κ1) is 12.4. The van der Waals surface area contributed by atoms with Gasteiger partial charge in [0.05, 0.1) is 4.92 Å². The van der Waals surface area contributed by atoms with Gasteiger partial charge in [-0.15, -0.1) is 0 Å². The zero-order chi connectivity index (χ0) is 13.2. The summed E-state index contributed by atoms with van der Waals surface area (Å²) >= 11 is 0. The van der Waals surface area contributed by atoms with Gasteiger partial charge in [0.15, 0.2) is 11.3 Å². The van der Waals surface area contributed by atoms with Crippen LogP contribution in [-0.2, 0) is 0 Å². The van der Waals surface area contributed by atoms with Crippen LogP contribution in [0.2, 0.25) is 0 Å². The van der Waals surface area contributed by atoms with Crippen molar-refractivity contribution in [1.82, 2.24) is 4.98 Å². The largest absolute Gasteiger partial charge is 0.477 e. The van der Waals surface area contributed by atoms with Gasteiger partial charge < -0.3 is 5.11 Å². The number of carbonyl (C=O) groups is 1. The number of aromatic nitrogens is 1. The molecule has 0 bridgehead atoms. The Morgan fingerprint density at radius 2 is 2.24 bits per heavy atom. The Morgan fingerprint density at radius 1 is 1.65 bits per heavy atom. The molecule has 0 spiro atoms. The van der Waals surface area contributed by atoms with E-state index in [9.17, 15) is 23.7 Å². The normalized spacial score (nSPS) is 10.0. The number of nitro groups is 1. The third-order valence-corrected chi connectivity index (χ3v) is 1.82. The summed E-state index contributed by atoms with van der Waals surface area (Å²) in [5, 5.41) is 27.8. The van der Waals surface area contributed by atoms with Crippen molar-refractivity contribution >= 4 is 11.7 Å². The maximum atomic E-state index is 12.4. The molecule has 1 heterocycles. The molecule has 9 heteroatoms. The number of rotatable bonds is 3. The molecule has 0 saturated heterocycles. The van der Waals surface area contributed by atoms with E-state index in [1.165, 1.54) is 6.07 Å². The van der Waals surface area contributed by atoms with Crippen molar-refractivity contribution in [3.63, 3.8) is 0 Å². The zero-order valence-electron chi connectivity index (χ0n) is 7.92. The molecule has 88 valence electrons. The monoisotopic (exact) mass is 243 g/mol. The van der Waals surface area contributed by atoms with Gasteiger partial charge in [-0.2, -0.15) is 5.26 Å². The van der Waals surface area contributed by atoms with Crippen LogP contribution in [0.1, 0.15) is 28.0 Å². The van der Waals surface area contributed by atoms with E-state index >= 15 is 0 Å². The number of nitrogens with zero attached hydrogens (tertiary/aromatic N) is 3. The number of nitriles is 1. The lowest BCUT2D eigenvalue weighted by Gasteiger charge is -2.04. The van der Waals surface area contributed by atoms with Crippen molar-refractivity contribution in [1.29, 1.82) is 5.26 Å². The van der Waals surface area contributed by atoms with Gasteiger partial charge in [0, 0.05) is 6.20 Å². The highest BCUT2D eigenvalue weighted by molar-refractivity contribution is 5.95. The fraction of sp³-hybridized carbons (Fsp3) is 0.125. The molecule has 0 aliphatic rings. The maximum Gasteiger partial charge on any atom is 0.345 e. The molecule has 0 amide bonds. The van der Waals surface area contributed by atoms with E-state index in [0.717, 1.165) is 0 Å². The molecule has 0 aromatic carbocycles. The average Bonchev–Trinajstić information content (AvgIpc) is 2.26. The number of hydrogen-bond acceptors (Lipinski definition) is 5. The van der Waals surface area contributed by atoms with Gasteiger partial charge in [-0.05, 0) is 0 Å². The molecule has 17 heavy (non-hydrogen) atoms. The highest BCUT2D eigenvalue weighted by atomic mass is 19.3. The molecule has 1 aromatic heterocycles. The van der Waals surface area contributed by atoms with Crippen LogP contribution in [0.25, 0.3) is 0 Å². The van der Waals surface area contributed by atoms with E-state index in [4.69, 9.17) is 10.4 Å². The van der Waals surface area contributed by atoms with Crippen molar-refractivity contribution in [2.24, 2.45) is 0 Å². The Morgan fingerprint density at radius 3 is 2.59 bits per heavy atom. The van der Waals surface area contributed by atoms with Gasteiger partial charge in [-0.25, -0.2) is 18.6 Å². The van der Waals surface area contributed by atoms with Gasteiger partial charge in [0.25, 0.3) is 12.1 Å². The quantitative estimate of drug-likeness (QED) is 0.634. The molecule has 0 fully saturated rings. The summed E-state index contributed by atoms with van der Waals surface area (Å²) < 4.78 is 24.9. The molecule has 1 aromatic rings. The van der Waals surface area contributed by atoms with Gasteiger partial charge in [-0.1, -0.05) is 0 Å². The Bertz CT molecular complexity index is 538. The number of carboxylic acid groups (broad SMARTS) is 1. The third kappa shape index (κ3) is 2.15. The van der Waals surface area contributed by atoms with Crippen molar-refractivity contribution in [2.75, 3.05) is 0 Å². The second-order valence-corrected chi connectivity index (χ2v) is 2.76.